The first-order valence-electron chi connectivity index (χ1n) is 5.69. The van der Waals surface area contributed by atoms with Crippen molar-refractivity contribution in [3.8, 4) is 17.6 Å². The number of benzene rings is 2. The molecule has 0 saturated carbocycles. The van der Waals surface area contributed by atoms with Gasteiger partial charge in [0.15, 0.2) is 11.5 Å². The molecule has 2 aromatic carbocycles. The van der Waals surface area contributed by atoms with Gasteiger partial charge in [0.1, 0.15) is 12.7 Å². The van der Waals surface area contributed by atoms with Crippen molar-refractivity contribution >= 4 is 11.6 Å². The minimum atomic E-state index is 0.329. The lowest BCUT2D eigenvalue weighted by atomic mass is 10.2. The maximum Gasteiger partial charge on any atom is 0.179 e. The summed E-state index contributed by atoms with van der Waals surface area (Å²) in [6.45, 7) is 0.329. The molecule has 0 atom stereocenters. The molecule has 0 radical (unpaired) electrons. The van der Waals surface area contributed by atoms with E-state index < -0.39 is 0 Å². The van der Waals surface area contributed by atoms with Crippen LogP contribution in [0.5, 0.6) is 11.5 Å². The van der Waals surface area contributed by atoms with Crippen LogP contribution in [0.1, 0.15) is 11.1 Å². The Morgan fingerprint density at radius 3 is 2.68 bits per heavy atom. The standard InChI is InChI=1S/C15H12ClNO2/c1-18-14-7-3-5-12(9-17)15(14)19-10-11-4-2-6-13(16)8-11/h2-8H,10H2,1H3. The molecule has 0 aliphatic rings. The van der Waals surface area contributed by atoms with E-state index in [1.54, 1.807) is 31.4 Å². The fraction of sp³-hybridized carbons (Fsp3) is 0.133. The molecule has 4 heteroatoms. The van der Waals surface area contributed by atoms with E-state index >= 15 is 0 Å². The summed E-state index contributed by atoms with van der Waals surface area (Å²) in [5, 5.41) is 9.73. The second-order valence-corrected chi connectivity index (χ2v) is 4.30. The quantitative estimate of drug-likeness (QED) is 0.851. The molecule has 0 spiro atoms. The van der Waals surface area contributed by atoms with Crippen molar-refractivity contribution in [2.75, 3.05) is 7.11 Å². The van der Waals surface area contributed by atoms with Gasteiger partial charge >= 0.3 is 0 Å². The second-order valence-electron chi connectivity index (χ2n) is 3.87. The molecule has 2 rings (SSSR count). The Kier molecular flexibility index (Phi) is 4.27. The Morgan fingerprint density at radius 1 is 1.21 bits per heavy atom. The molecule has 0 heterocycles. The highest BCUT2D eigenvalue weighted by molar-refractivity contribution is 6.30. The zero-order valence-electron chi connectivity index (χ0n) is 10.4. The maximum atomic E-state index is 9.07. The van der Waals surface area contributed by atoms with Crippen LogP contribution in [0.3, 0.4) is 0 Å². The number of nitrogens with zero attached hydrogens (tertiary/aromatic N) is 1. The van der Waals surface area contributed by atoms with Gasteiger partial charge in [0.2, 0.25) is 0 Å². The lowest BCUT2D eigenvalue weighted by Crippen LogP contribution is -1.99. The summed E-state index contributed by atoms with van der Waals surface area (Å²) in [5.41, 5.74) is 1.38. The maximum absolute atomic E-state index is 9.07. The van der Waals surface area contributed by atoms with Crippen LogP contribution < -0.4 is 9.47 Å². The van der Waals surface area contributed by atoms with Gasteiger partial charge in [0.25, 0.3) is 0 Å². The zero-order chi connectivity index (χ0) is 13.7. The van der Waals surface area contributed by atoms with Crippen molar-refractivity contribution in [1.29, 1.82) is 5.26 Å². The average molecular weight is 274 g/mol. The van der Waals surface area contributed by atoms with Crippen molar-refractivity contribution in [2.24, 2.45) is 0 Å². The highest BCUT2D eigenvalue weighted by Gasteiger charge is 2.10. The number of halogens is 1. The third kappa shape index (κ3) is 3.18. The van der Waals surface area contributed by atoms with Gasteiger partial charge in [-0.3, -0.25) is 0 Å². The van der Waals surface area contributed by atoms with E-state index in [1.165, 1.54) is 0 Å². The first-order chi connectivity index (χ1) is 9.24. The predicted octanol–water partition coefficient (Wildman–Crippen LogP) is 3.80. The average Bonchev–Trinajstić information content (AvgIpc) is 2.44. The number of nitriles is 1. The molecule has 0 aliphatic heterocycles. The first kappa shape index (κ1) is 13.3. The van der Waals surface area contributed by atoms with Crippen LogP contribution >= 0.6 is 11.6 Å². The van der Waals surface area contributed by atoms with E-state index in [0.717, 1.165) is 5.56 Å². The Bertz CT molecular complexity index is 620. The third-order valence-corrected chi connectivity index (χ3v) is 2.83. The van der Waals surface area contributed by atoms with Crippen LogP contribution in [0.25, 0.3) is 0 Å². The second kappa shape index (κ2) is 6.12. The molecular formula is C15H12ClNO2. The van der Waals surface area contributed by atoms with Gasteiger partial charge in [0.05, 0.1) is 12.7 Å². The predicted molar refractivity (Wildman–Crippen MR) is 73.5 cm³/mol. The number of hydrogen-bond donors (Lipinski definition) is 0. The van der Waals surface area contributed by atoms with Crippen molar-refractivity contribution in [3.05, 3.63) is 58.6 Å². The molecule has 0 saturated heterocycles. The molecule has 3 nitrogen and oxygen atoms in total. The Balaban J connectivity index is 2.22. The third-order valence-electron chi connectivity index (χ3n) is 2.59. The van der Waals surface area contributed by atoms with Gasteiger partial charge in [-0.15, -0.1) is 0 Å². The molecule has 0 aliphatic carbocycles. The van der Waals surface area contributed by atoms with Gasteiger partial charge in [-0.1, -0.05) is 29.8 Å². The summed E-state index contributed by atoms with van der Waals surface area (Å²) in [6, 6.07) is 14.7. The molecule has 96 valence electrons. The summed E-state index contributed by atoms with van der Waals surface area (Å²) in [4.78, 5) is 0. The zero-order valence-corrected chi connectivity index (χ0v) is 11.1. The normalized spacial score (nSPS) is 9.74. The van der Waals surface area contributed by atoms with Crippen molar-refractivity contribution in [2.45, 2.75) is 6.61 Å². The van der Waals surface area contributed by atoms with E-state index in [-0.39, 0.29) is 0 Å². The van der Waals surface area contributed by atoms with Crippen LogP contribution in [-0.2, 0) is 6.61 Å². The van der Waals surface area contributed by atoms with E-state index in [2.05, 4.69) is 6.07 Å². The van der Waals surface area contributed by atoms with Gasteiger partial charge in [-0.2, -0.15) is 5.26 Å². The van der Waals surface area contributed by atoms with E-state index in [0.29, 0.717) is 28.7 Å². The lowest BCUT2D eigenvalue weighted by Gasteiger charge is -2.12. The minimum absolute atomic E-state index is 0.329. The number of rotatable bonds is 4. The highest BCUT2D eigenvalue weighted by atomic mass is 35.5. The van der Waals surface area contributed by atoms with Crippen molar-refractivity contribution < 1.29 is 9.47 Å². The first-order valence-corrected chi connectivity index (χ1v) is 6.06. The molecule has 19 heavy (non-hydrogen) atoms. The Hall–Kier alpha value is -2.18. The molecule has 0 bridgehead atoms. The number of methoxy groups -OCH3 is 1. The monoisotopic (exact) mass is 273 g/mol. The molecule has 0 unspecified atom stereocenters. The number of ether oxygens (including phenoxy) is 2. The van der Waals surface area contributed by atoms with Gasteiger partial charge in [-0.25, -0.2) is 0 Å². The van der Waals surface area contributed by atoms with Crippen LogP contribution in [0, 0.1) is 11.3 Å². The van der Waals surface area contributed by atoms with E-state index in [9.17, 15) is 0 Å². The SMILES string of the molecule is COc1cccc(C#N)c1OCc1cccc(Cl)c1. The van der Waals surface area contributed by atoms with Crippen LogP contribution in [0.4, 0.5) is 0 Å². The van der Waals surface area contributed by atoms with Crippen molar-refractivity contribution in [3.63, 3.8) is 0 Å². The fourth-order valence-corrected chi connectivity index (χ4v) is 1.91. The van der Waals surface area contributed by atoms with Crippen molar-refractivity contribution in [1.82, 2.24) is 0 Å². The smallest absolute Gasteiger partial charge is 0.179 e. The Labute approximate surface area is 117 Å². The minimum Gasteiger partial charge on any atom is -0.493 e. The highest BCUT2D eigenvalue weighted by Crippen LogP contribution is 2.31. The van der Waals surface area contributed by atoms with Gasteiger partial charge in [-0.05, 0) is 29.8 Å². The number of para-hydroxylation sites is 1. The molecule has 0 aromatic heterocycles. The Morgan fingerprint density at radius 2 is 2.00 bits per heavy atom. The molecular weight excluding hydrogens is 262 g/mol. The van der Waals surface area contributed by atoms with E-state index in [4.69, 9.17) is 26.3 Å². The topological polar surface area (TPSA) is 42.2 Å². The molecule has 0 fully saturated rings. The molecule has 2 aromatic rings. The van der Waals surface area contributed by atoms with Crippen LogP contribution in [0.2, 0.25) is 5.02 Å². The van der Waals surface area contributed by atoms with E-state index in [1.807, 2.05) is 18.2 Å². The summed E-state index contributed by atoms with van der Waals surface area (Å²) in [5.74, 6) is 0.994. The summed E-state index contributed by atoms with van der Waals surface area (Å²) >= 11 is 5.91. The summed E-state index contributed by atoms with van der Waals surface area (Å²) in [7, 11) is 1.54. The van der Waals surface area contributed by atoms with Crippen LogP contribution in [0.15, 0.2) is 42.5 Å². The fourth-order valence-electron chi connectivity index (χ4n) is 1.70. The molecule has 0 amide bonds. The largest absolute Gasteiger partial charge is 0.493 e. The van der Waals surface area contributed by atoms with Gasteiger partial charge in [0, 0.05) is 5.02 Å². The molecule has 0 N–H and O–H groups in total. The van der Waals surface area contributed by atoms with Crippen LogP contribution in [-0.4, -0.2) is 7.11 Å². The number of hydrogen-bond acceptors (Lipinski definition) is 3. The summed E-state index contributed by atoms with van der Waals surface area (Å²) in [6.07, 6.45) is 0. The summed E-state index contributed by atoms with van der Waals surface area (Å²) < 4.78 is 10.9. The van der Waals surface area contributed by atoms with Gasteiger partial charge < -0.3 is 9.47 Å². The lowest BCUT2D eigenvalue weighted by molar-refractivity contribution is 0.283.